The lowest BCUT2D eigenvalue weighted by Crippen LogP contribution is -2.26. The molecule has 116 valence electrons. The highest BCUT2D eigenvalue weighted by molar-refractivity contribution is 5.90. The van der Waals surface area contributed by atoms with Gasteiger partial charge in [-0.3, -0.25) is 9.78 Å². The van der Waals surface area contributed by atoms with Gasteiger partial charge in [-0.25, -0.2) is 4.39 Å². The van der Waals surface area contributed by atoms with Crippen LogP contribution >= 0.6 is 0 Å². The zero-order valence-electron chi connectivity index (χ0n) is 12.6. The van der Waals surface area contributed by atoms with E-state index in [0.717, 1.165) is 18.4 Å². The summed E-state index contributed by atoms with van der Waals surface area (Å²) < 4.78 is 13.5. The van der Waals surface area contributed by atoms with E-state index in [-0.39, 0.29) is 17.6 Å². The van der Waals surface area contributed by atoms with Gasteiger partial charge in [-0.15, -0.1) is 0 Å². The predicted octanol–water partition coefficient (Wildman–Crippen LogP) is 2.43. The molecular formula is C17H20FN3O. The molecule has 0 saturated heterocycles. The van der Waals surface area contributed by atoms with Gasteiger partial charge in [0.2, 0.25) is 0 Å². The van der Waals surface area contributed by atoms with Crippen molar-refractivity contribution in [3.63, 3.8) is 0 Å². The summed E-state index contributed by atoms with van der Waals surface area (Å²) >= 11 is 0. The van der Waals surface area contributed by atoms with Crippen LogP contribution < -0.4 is 11.1 Å². The van der Waals surface area contributed by atoms with Crippen LogP contribution in [0.25, 0.3) is 0 Å². The average Bonchev–Trinajstić information content (AvgIpc) is 2.52. The van der Waals surface area contributed by atoms with Crippen molar-refractivity contribution in [1.29, 1.82) is 0 Å². The number of pyridine rings is 1. The third kappa shape index (κ3) is 4.63. The van der Waals surface area contributed by atoms with Gasteiger partial charge in [-0.1, -0.05) is 24.3 Å². The second-order valence-electron chi connectivity index (χ2n) is 5.33. The molecule has 2 rings (SSSR count). The number of hydrogen-bond donors (Lipinski definition) is 2. The molecule has 1 amide bonds. The van der Waals surface area contributed by atoms with Crippen LogP contribution in [0.4, 0.5) is 4.39 Å². The Morgan fingerprint density at radius 3 is 2.73 bits per heavy atom. The maximum absolute atomic E-state index is 13.5. The monoisotopic (exact) mass is 301 g/mol. The quantitative estimate of drug-likeness (QED) is 0.825. The van der Waals surface area contributed by atoms with E-state index in [9.17, 15) is 9.18 Å². The van der Waals surface area contributed by atoms with E-state index in [1.807, 2.05) is 12.1 Å². The van der Waals surface area contributed by atoms with Crippen molar-refractivity contribution in [3.05, 3.63) is 65.2 Å². The Bertz CT molecular complexity index is 628. The van der Waals surface area contributed by atoms with Gasteiger partial charge in [-0.05, 0) is 37.5 Å². The van der Waals surface area contributed by atoms with Crippen LogP contribution in [-0.4, -0.2) is 16.9 Å². The molecule has 1 atom stereocenters. The zero-order chi connectivity index (χ0) is 15.9. The molecule has 4 nitrogen and oxygen atoms in total. The van der Waals surface area contributed by atoms with Crippen molar-refractivity contribution in [2.45, 2.75) is 32.4 Å². The Labute approximate surface area is 129 Å². The Morgan fingerprint density at radius 2 is 2.09 bits per heavy atom. The van der Waals surface area contributed by atoms with E-state index in [2.05, 4.69) is 17.2 Å². The van der Waals surface area contributed by atoms with Gasteiger partial charge >= 0.3 is 0 Å². The summed E-state index contributed by atoms with van der Waals surface area (Å²) in [6.07, 6.45) is 3.40. The van der Waals surface area contributed by atoms with Gasteiger partial charge in [0.15, 0.2) is 0 Å². The van der Waals surface area contributed by atoms with Gasteiger partial charge in [0.1, 0.15) is 11.5 Å². The van der Waals surface area contributed by atoms with Crippen LogP contribution in [0.5, 0.6) is 0 Å². The SMILES string of the molecule is CC(CCc1ccc(C(N)=O)nc1)NCc1ccccc1F. The van der Waals surface area contributed by atoms with E-state index < -0.39 is 5.91 Å². The molecule has 5 heteroatoms. The van der Waals surface area contributed by atoms with Crippen molar-refractivity contribution >= 4 is 5.91 Å². The van der Waals surface area contributed by atoms with Crippen LogP contribution in [-0.2, 0) is 13.0 Å². The fourth-order valence-corrected chi connectivity index (χ4v) is 2.13. The van der Waals surface area contributed by atoms with Crippen LogP contribution in [0.1, 0.15) is 35.0 Å². The smallest absolute Gasteiger partial charge is 0.267 e. The number of nitrogens with zero attached hydrogens (tertiary/aromatic N) is 1. The second-order valence-corrected chi connectivity index (χ2v) is 5.33. The van der Waals surface area contributed by atoms with Crippen molar-refractivity contribution in [3.8, 4) is 0 Å². The Hall–Kier alpha value is -2.27. The summed E-state index contributed by atoms with van der Waals surface area (Å²) in [4.78, 5) is 15.0. The predicted molar refractivity (Wildman–Crippen MR) is 83.8 cm³/mol. The molecule has 0 aliphatic rings. The number of amides is 1. The van der Waals surface area contributed by atoms with E-state index in [1.54, 1.807) is 24.4 Å². The van der Waals surface area contributed by atoms with Crippen LogP contribution in [0.15, 0.2) is 42.6 Å². The molecule has 0 spiro atoms. The molecule has 0 radical (unpaired) electrons. The minimum Gasteiger partial charge on any atom is -0.364 e. The largest absolute Gasteiger partial charge is 0.364 e. The summed E-state index contributed by atoms with van der Waals surface area (Å²) in [5.41, 5.74) is 7.14. The molecular weight excluding hydrogens is 281 g/mol. The summed E-state index contributed by atoms with van der Waals surface area (Å²) in [6, 6.07) is 10.5. The topological polar surface area (TPSA) is 68.0 Å². The highest BCUT2D eigenvalue weighted by atomic mass is 19.1. The van der Waals surface area contributed by atoms with E-state index in [1.165, 1.54) is 6.07 Å². The van der Waals surface area contributed by atoms with Gasteiger partial charge < -0.3 is 11.1 Å². The summed E-state index contributed by atoms with van der Waals surface area (Å²) in [5, 5.41) is 3.31. The van der Waals surface area contributed by atoms with Crippen LogP contribution in [0, 0.1) is 5.82 Å². The first kappa shape index (κ1) is 16.1. The van der Waals surface area contributed by atoms with E-state index >= 15 is 0 Å². The lowest BCUT2D eigenvalue weighted by Gasteiger charge is -2.14. The van der Waals surface area contributed by atoms with Crippen LogP contribution in [0.3, 0.4) is 0 Å². The second kappa shape index (κ2) is 7.66. The molecule has 22 heavy (non-hydrogen) atoms. The Morgan fingerprint density at radius 1 is 1.32 bits per heavy atom. The first-order valence-corrected chi connectivity index (χ1v) is 7.28. The molecule has 1 aromatic heterocycles. The molecule has 0 aliphatic heterocycles. The van der Waals surface area contributed by atoms with Crippen molar-refractivity contribution in [1.82, 2.24) is 10.3 Å². The highest BCUT2D eigenvalue weighted by Gasteiger charge is 2.06. The number of carbonyl (C=O) groups excluding carboxylic acids is 1. The zero-order valence-corrected chi connectivity index (χ0v) is 12.6. The van der Waals surface area contributed by atoms with Gasteiger partial charge in [0.05, 0.1) is 0 Å². The van der Waals surface area contributed by atoms with Gasteiger partial charge in [0.25, 0.3) is 5.91 Å². The third-order valence-electron chi connectivity index (χ3n) is 3.54. The number of carbonyl (C=O) groups is 1. The number of hydrogen-bond acceptors (Lipinski definition) is 3. The van der Waals surface area contributed by atoms with Crippen LogP contribution in [0.2, 0.25) is 0 Å². The van der Waals surface area contributed by atoms with Crippen molar-refractivity contribution < 1.29 is 9.18 Å². The minimum absolute atomic E-state index is 0.187. The molecule has 0 fully saturated rings. The first-order valence-electron chi connectivity index (χ1n) is 7.28. The van der Waals surface area contributed by atoms with Gasteiger partial charge in [-0.2, -0.15) is 0 Å². The Kier molecular flexibility index (Phi) is 5.61. The average molecular weight is 301 g/mol. The highest BCUT2D eigenvalue weighted by Crippen LogP contribution is 2.08. The Balaban J connectivity index is 1.79. The number of halogens is 1. The minimum atomic E-state index is -0.522. The maximum Gasteiger partial charge on any atom is 0.267 e. The number of benzene rings is 1. The fraction of sp³-hybridized carbons (Fsp3) is 0.294. The van der Waals surface area contributed by atoms with E-state index in [0.29, 0.717) is 12.1 Å². The third-order valence-corrected chi connectivity index (χ3v) is 3.54. The van der Waals surface area contributed by atoms with E-state index in [4.69, 9.17) is 5.73 Å². The number of aryl methyl sites for hydroxylation is 1. The molecule has 0 saturated carbocycles. The molecule has 1 unspecified atom stereocenters. The molecule has 1 aromatic carbocycles. The van der Waals surface area contributed by atoms with Gasteiger partial charge in [0, 0.05) is 24.3 Å². The number of aromatic nitrogens is 1. The van der Waals surface area contributed by atoms with Crippen molar-refractivity contribution in [2.24, 2.45) is 5.73 Å². The fourth-order valence-electron chi connectivity index (χ4n) is 2.13. The number of primary amides is 1. The number of rotatable bonds is 7. The van der Waals surface area contributed by atoms with Crippen molar-refractivity contribution in [2.75, 3.05) is 0 Å². The standard InChI is InChI=1S/C17H20FN3O/c1-12(20-11-14-4-2-3-5-15(14)18)6-7-13-8-9-16(17(19)22)21-10-13/h2-5,8-10,12,20H,6-7,11H2,1H3,(H2,19,22). The lowest BCUT2D eigenvalue weighted by molar-refractivity contribution is 0.0995. The normalized spacial score (nSPS) is 12.1. The number of nitrogens with one attached hydrogen (secondary N) is 1. The first-order chi connectivity index (χ1) is 10.6. The number of nitrogens with two attached hydrogens (primary N) is 1. The summed E-state index contributed by atoms with van der Waals surface area (Å²) in [5.74, 6) is -0.708. The molecule has 1 heterocycles. The maximum atomic E-state index is 13.5. The molecule has 0 aliphatic carbocycles. The summed E-state index contributed by atoms with van der Waals surface area (Å²) in [7, 11) is 0. The molecule has 3 N–H and O–H groups in total. The lowest BCUT2D eigenvalue weighted by atomic mass is 10.1. The molecule has 0 bridgehead atoms. The summed E-state index contributed by atoms with van der Waals surface area (Å²) in [6.45, 7) is 2.57. The molecule has 2 aromatic rings.